The molecule has 0 atom stereocenters. The Morgan fingerprint density at radius 3 is 2.00 bits per heavy atom. The second-order valence-electron chi connectivity index (χ2n) is 1.71. The van der Waals surface area contributed by atoms with Crippen molar-refractivity contribution in [3.8, 4) is 0 Å². The van der Waals surface area contributed by atoms with Gasteiger partial charge in [0.2, 0.25) is 0 Å². The van der Waals surface area contributed by atoms with Gasteiger partial charge in [0.05, 0.1) is 0 Å². The average molecular weight is 123 g/mol. The Labute approximate surface area is 57.0 Å². The molecule has 0 bridgehead atoms. The smallest absolute Gasteiger partial charge is 0.168 e. The molecule has 0 unspecified atom stereocenters. The van der Waals surface area contributed by atoms with Gasteiger partial charge < -0.3 is 7.43 Å². The fourth-order valence-electron chi connectivity index (χ4n) is 0.645. The minimum Gasteiger partial charge on any atom is -0.358 e. The van der Waals surface area contributed by atoms with Crippen molar-refractivity contribution in [1.82, 2.24) is 0 Å². The molecule has 50 valence electrons. The van der Waals surface area contributed by atoms with E-state index < -0.39 is 0 Å². The quantitative estimate of drug-likeness (QED) is 0.393. The highest BCUT2D eigenvalue weighted by Crippen LogP contribution is 1.74. The van der Waals surface area contributed by atoms with Gasteiger partial charge in [-0.25, -0.2) is 4.57 Å². The van der Waals surface area contributed by atoms with Crippen molar-refractivity contribution >= 4 is 0 Å². The largest absolute Gasteiger partial charge is 0.358 e. The molecule has 0 aliphatic carbocycles. The van der Waals surface area contributed by atoms with Gasteiger partial charge >= 0.3 is 0 Å². The zero-order valence-corrected chi connectivity index (χ0v) is 6.04. The summed E-state index contributed by atoms with van der Waals surface area (Å²) in [6, 6.07) is 6.08. The van der Waals surface area contributed by atoms with Crippen LogP contribution < -0.4 is 4.57 Å². The molecule has 0 fully saturated rings. The monoisotopic (exact) mass is 123 g/mol. The minimum absolute atomic E-state index is 0. The third kappa shape index (κ3) is 2.27. The van der Waals surface area contributed by atoms with Crippen molar-refractivity contribution in [2.45, 2.75) is 13.5 Å². The van der Waals surface area contributed by atoms with Crippen LogP contribution >= 0.6 is 0 Å². The first kappa shape index (κ1) is 8.15. The summed E-state index contributed by atoms with van der Waals surface area (Å²) in [4.78, 5) is 0. The third-order valence-electron chi connectivity index (χ3n) is 1.14. The van der Waals surface area contributed by atoms with E-state index in [4.69, 9.17) is 0 Å². The van der Waals surface area contributed by atoms with Gasteiger partial charge in [-0.3, -0.25) is 0 Å². The lowest BCUT2D eigenvalue weighted by atomic mass is 10.5. The van der Waals surface area contributed by atoms with E-state index in [-0.39, 0.29) is 7.43 Å². The summed E-state index contributed by atoms with van der Waals surface area (Å²) in [6.07, 6.45) is 4.11. The van der Waals surface area contributed by atoms with Crippen LogP contribution in [0.3, 0.4) is 0 Å². The number of aromatic nitrogens is 1. The Morgan fingerprint density at radius 2 is 1.67 bits per heavy atom. The number of aryl methyl sites for hydroxylation is 1. The van der Waals surface area contributed by atoms with Crippen molar-refractivity contribution in [2.24, 2.45) is 0 Å². The Kier molecular flexibility index (Phi) is 3.69. The van der Waals surface area contributed by atoms with Crippen LogP contribution in [0.2, 0.25) is 0 Å². The number of pyridine rings is 1. The van der Waals surface area contributed by atoms with Gasteiger partial charge in [0.25, 0.3) is 0 Å². The molecule has 1 aromatic heterocycles. The van der Waals surface area contributed by atoms with Crippen LogP contribution in [-0.4, -0.2) is 0 Å². The average Bonchev–Trinajstić information content (AvgIpc) is 1.90. The molecule has 1 rings (SSSR count). The van der Waals surface area contributed by atoms with Crippen molar-refractivity contribution < 1.29 is 4.57 Å². The number of rotatable bonds is 1. The number of nitrogens with zero attached hydrogens (tertiary/aromatic N) is 1. The third-order valence-corrected chi connectivity index (χ3v) is 1.14. The molecule has 9 heavy (non-hydrogen) atoms. The van der Waals surface area contributed by atoms with Crippen molar-refractivity contribution in [2.75, 3.05) is 0 Å². The number of hydrogen-bond acceptors (Lipinski definition) is 0. The van der Waals surface area contributed by atoms with Crippen LogP contribution in [0.1, 0.15) is 6.92 Å². The molecule has 0 aliphatic rings. The summed E-state index contributed by atoms with van der Waals surface area (Å²) in [6.45, 7) is 3.18. The van der Waals surface area contributed by atoms with Crippen LogP contribution in [0.4, 0.5) is 0 Å². The molecule has 0 aromatic carbocycles. The van der Waals surface area contributed by atoms with Crippen LogP contribution in [0.5, 0.6) is 0 Å². The van der Waals surface area contributed by atoms with E-state index in [0.29, 0.717) is 0 Å². The Hall–Kier alpha value is -0.850. The summed E-state index contributed by atoms with van der Waals surface area (Å²) in [7, 11) is 0. The molecular weight excluding hydrogens is 110 g/mol. The first-order chi connectivity index (χ1) is 3.93. The second kappa shape index (κ2) is 4.07. The zero-order chi connectivity index (χ0) is 5.82. The first-order valence-corrected chi connectivity index (χ1v) is 2.87. The molecule has 1 nitrogen and oxygen atoms in total. The van der Waals surface area contributed by atoms with Crippen LogP contribution in [0.15, 0.2) is 30.6 Å². The van der Waals surface area contributed by atoms with Gasteiger partial charge in [-0.2, -0.15) is 0 Å². The Bertz CT molecular complexity index is 146. The molecule has 1 heterocycles. The predicted molar refractivity (Wildman–Crippen MR) is 38.7 cm³/mol. The lowest BCUT2D eigenvalue weighted by molar-refractivity contribution is -0.693. The minimum atomic E-state index is 0. The standard InChI is InChI=1S/C7H10N.CH3/c1-2-8-6-4-3-5-7-8;/h3-7H,2H2,1H3;1H3/q+1;-1. The molecule has 0 saturated carbocycles. The fourth-order valence-corrected chi connectivity index (χ4v) is 0.645. The van der Waals surface area contributed by atoms with E-state index in [0.717, 1.165) is 6.54 Å². The van der Waals surface area contributed by atoms with E-state index in [1.165, 1.54) is 0 Å². The maximum Gasteiger partial charge on any atom is 0.168 e. The van der Waals surface area contributed by atoms with E-state index in [9.17, 15) is 0 Å². The molecule has 1 heteroatoms. The van der Waals surface area contributed by atoms with E-state index in [1.807, 2.05) is 18.2 Å². The van der Waals surface area contributed by atoms with Gasteiger partial charge in [0.1, 0.15) is 6.54 Å². The molecule has 0 saturated heterocycles. The predicted octanol–water partition coefficient (Wildman–Crippen LogP) is 1.44. The molecular formula is C8H13N. The van der Waals surface area contributed by atoms with Crippen LogP contribution in [-0.2, 0) is 6.54 Å². The normalized spacial score (nSPS) is 8.11. The summed E-state index contributed by atoms with van der Waals surface area (Å²) in [5, 5.41) is 0. The van der Waals surface area contributed by atoms with Crippen LogP contribution in [0, 0.1) is 7.43 Å². The summed E-state index contributed by atoms with van der Waals surface area (Å²) >= 11 is 0. The van der Waals surface area contributed by atoms with Gasteiger partial charge in [0, 0.05) is 12.1 Å². The lowest BCUT2D eigenvalue weighted by Crippen LogP contribution is -2.30. The second-order valence-corrected chi connectivity index (χ2v) is 1.71. The van der Waals surface area contributed by atoms with Crippen molar-refractivity contribution in [1.29, 1.82) is 0 Å². The Morgan fingerprint density at radius 1 is 1.11 bits per heavy atom. The highest BCUT2D eigenvalue weighted by Gasteiger charge is 1.86. The van der Waals surface area contributed by atoms with Crippen molar-refractivity contribution in [3.63, 3.8) is 0 Å². The summed E-state index contributed by atoms with van der Waals surface area (Å²) < 4.78 is 2.12. The van der Waals surface area contributed by atoms with E-state index in [2.05, 4.69) is 23.9 Å². The molecule has 1 aromatic rings. The summed E-state index contributed by atoms with van der Waals surface area (Å²) in [5.41, 5.74) is 0. The lowest BCUT2D eigenvalue weighted by Gasteiger charge is -1.84. The Balaban J connectivity index is 0.000000640. The number of hydrogen-bond donors (Lipinski definition) is 0. The maximum atomic E-state index is 2.12. The molecule has 0 N–H and O–H groups in total. The first-order valence-electron chi connectivity index (χ1n) is 2.87. The molecule has 0 aliphatic heterocycles. The molecule has 0 radical (unpaired) electrons. The SMILES string of the molecule is CC[n+]1ccccc1.[CH3-]. The van der Waals surface area contributed by atoms with Crippen molar-refractivity contribution in [3.05, 3.63) is 38.0 Å². The van der Waals surface area contributed by atoms with E-state index >= 15 is 0 Å². The molecule has 0 spiro atoms. The zero-order valence-electron chi connectivity index (χ0n) is 6.04. The highest BCUT2D eigenvalue weighted by atomic mass is 14.9. The highest BCUT2D eigenvalue weighted by molar-refractivity contribution is 4.83. The fraction of sp³-hybridized carbons (Fsp3) is 0.250. The van der Waals surface area contributed by atoms with E-state index in [1.54, 1.807) is 0 Å². The van der Waals surface area contributed by atoms with Crippen LogP contribution in [0.25, 0.3) is 0 Å². The maximum absolute atomic E-state index is 2.12. The van der Waals surface area contributed by atoms with Gasteiger partial charge in [0.15, 0.2) is 12.4 Å². The van der Waals surface area contributed by atoms with Gasteiger partial charge in [-0.1, -0.05) is 6.07 Å². The van der Waals surface area contributed by atoms with Gasteiger partial charge in [-0.15, -0.1) is 0 Å². The summed E-state index contributed by atoms with van der Waals surface area (Å²) in [5.74, 6) is 0. The topological polar surface area (TPSA) is 3.88 Å². The molecule has 0 amide bonds. The van der Waals surface area contributed by atoms with Gasteiger partial charge in [-0.05, 0) is 6.92 Å².